The van der Waals surface area contributed by atoms with Crippen molar-refractivity contribution < 1.29 is 22.6 Å². The van der Waals surface area contributed by atoms with Crippen molar-refractivity contribution in [2.45, 2.75) is 6.18 Å². The van der Waals surface area contributed by atoms with E-state index in [9.17, 15) is 13.2 Å². The third-order valence-corrected chi connectivity index (χ3v) is 3.71. The molecule has 3 aromatic rings. The molecule has 1 aromatic carbocycles. The largest absolute Gasteiger partial charge is 0.467 e. The summed E-state index contributed by atoms with van der Waals surface area (Å²) in [7, 11) is 1.37. The second kappa shape index (κ2) is 6.81. The third-order valence-electron chi connectivity index (χ3n) is 3.43. The molecule has 0 N–H and O–H groups in total. The maximum atomic E-state index is 13.0. The van der Waals surface area contributed by atoms with E-state index in [1.54, 1.807) is 6.07 Å². The molecule has 5 nitrogen and oxygen atoms in total. The van der Waals surface area contributed by atoms with Gasteiger partial charge in [0.05, 0.1) is 5.56 Å². The van der Waals surface area contributed by atoms with Gasteiger partial charge in [-0.25, -0.2) is 0 Å². The topological polar surface area (TPSA) is 57.1 Å². The minimum atomic E-state index is -4.50. The van der Waals surface area contributed by atoms with Crippen molar-refractivity contribution in [2.24, 2.45) is 0 Å². The SMILES string of the molecule is COCOc1cc(C(F)(F)F)ccc1-c1nnc(Cl)c2cnccc12. The zero-order chi connectivity index (χ0) is 18.0. The van der Waals surface area contributed by atoms with Gasteiger partial charge in [-0.15, -0.1) is 10.2 Å². The quantitative estimate of drug-likeness (QED) is 0.640. The molecule has 0 aliphatic heterocycles. The van der Waals surface area contributed by atoms with E-state index in [2.05, 4.69) is 15.2 Å². The first kappa shape index (κ1) is 17.4. The molecule has 0 atom stereocenters. The van der Waals surface area contributed by atoms with Crippen LogP contribution in [0, 0.1) is 0 Å². The molecular formula is C16H11ClF3N3O2. The number of fused-ring (bicyclic) bond motifs is 1. The van der Waals surface area contributed by atoms with Crippen LogP contribution in [0.25, 0.3) is 22.0 Å². The second-order valence-corrected chi connectivity index (χ2v) is 5.38. The molecule has 0 saturated carbocycles. The van der Waals surface area contributed by atoms with Crippen molar-refractivity contribution in [1.82, 2.24) is 15.2 Å². The highest BCUT2D eigenvalue weighted by Crippen LogP contribution is 2.39. The summed E-state index contributed by atoms with van der Waals surface area (Å²) in [5, 5.41) is 9.15. The van der Waals surface area contributed by atoms with E-state index in [0.717, 1.165) is 12.1 Å². The van der Waals surface area contributed by atoms with Gasteiger partial charge in [-0.1, -0.05) is 11.6 Å². The van der Waals surface area contributed by atoms with Crippen molar-refractivity contribution in [3.05, 3.63) is 47.4 Å². The summed E-state index contributed by atoms with van der Waals surface area (Å²) in [5.74, 6) is -0.0218. The van der Waals surface area contributed by atoms with Gasteiger partial charge in [-0.3, -0.25) is 4.98 Å². The maximum absolute atomic E-state index is 13.0. The number of benzene rings is 1. The van der Waals surface area contributed by atoms with Crippen LogP contribution in [0.1, 0.15) is 5.56 Å². The van der Waals surface area contributed by atoms with Crippen LogP contribution < -0.4 is 4.74 Å². The molecule has 2 aromatic heterocycles. The predicted octanol–water partition coefficient (Wildman–Crippen LogP) is 4.35. The highest BCUT2D eigenvalue weighted by atomic mass is 35.5. The average molecular weight is 370 g/mol. The molecule has 3 rings (SSSR count). The first-order valence-corrected chi connectivity index (χ1v) is 7.39. The summed E-state index contributed by atoms with van der Waals surface area (Å²) >= 11 is 6.01. The monoisotopic (exact) mass is 369 g/mol. The Balaban J connectivity index is 2.21. The lowest BCUT2D eigenvalue weighted by Gasteiger charge is -2.15. The minimum absolute atomic E-state index is 0.0218. The molecular weight excluding hydrogens is 359 g/mol. The summed E-state index contributed by atoms with van der Waals surface area (Å²) in [4.78, 5) is 3.97. The Kier molecular flexibility index (Phi) is 4.73. The summed E-state index contributed by atoms with van der Waals surface area (Å²) in [6, 6.07) is 4.80. The van der Waals surface area contributed by atoms with Crippen molar-refractivity contribution in [3.8, 4) is 17.0 Å². The van der Waals surface area contributed by atoms with Gasteiger partial charge in [0, 0.05) is 35.8 Å². The van der Waals surface area contributed by atoms with Crippen LogP contribution in [0.5, 0.6) is 5.75 Å². The van der Waals surface area contributed by atoms with Gasteiger partial charge in [-0.05, 0) is 24.3 Å². The number of aromatic nitrogens is 3. The second-order valence-electron chi connectivity index (χ2n) is 5.02. The Hall–Kier alpha value is -2.45. The number of nitrogens with zero attached hydrogens (tertiary/aromatic N) is 3. The number of hydrogen-bond acceptors (Lipinski definition) is 5. The lowest BCUT2D eigenvalue weighted by molar-refractivity contribution is -0.137. The summed E-state index contributed by atoms with van der Waals surface area (Å²) in [6.45, 7) is -0.213. The van der Waals surface area contributed by atoms with E-state index in [1.165, 1.54) is 25.6 Å². The fourth-order valence-electron chi connectivity index (χ4n) is 2.30. The molecule has 0 saturated heterocycles. The Labute approximate surface area is 145 Å². The van der Waals surface area contributed by atoms with E-state index >= 15 is 0 Å². The molecule has 9 heteroatoms. The normalized spacial score (nSPS) is 11.7. The molecule has 0 fully saturated rings. The van der Waals surface area contributed by atoms with E-state index in [0.29, 0.717) is 22.0 Å². The molecule has 25 heavy (non-hydrogen) atoms. The summed E-state index contributed by atoms with van der Waals surface area (Å²) in [6.07, 6.45) is -1.46. The lowest BCUT2D eigenvalue weighted by atomic mass is 10.0. The van der Waals surface area contributed by atoms with Gasteiger partial charge >= 0.3 is 6.18 Å². The maximum Gasteiger partial charge on any atom is 0.416 e. The van der Waals surface area contributed by atoms with Gasteiger partial charge in [-0.2, -0.15) is 13.2 Å². The van der Waals surface area contributed by atoms with Crippen LogP contribution in [0.15, 0.2) is 36.7 Å². The van der Waals surface area contributed by atoms with Crippen molar-refractivity contribution in [2.75, 3.05) is 13.9 Å². The average Bonchev–Trinajstić information content (AvgIpc) is 2.60. The van der Waals surface area contributed by atoms with Gasteiger partial charge in [0.25, 0.3) is 0 Å². The Morgan fingerprint density at radius 3 is 2.64 bits per heavy atom. The van der Waals surface area contributed by atoms with E-state index in [-0.39, 0.29) is 17.7 Å². The zero-order valence-electron chi connectivity index (χ0n) is 12.8. The smallest absolute Gasteiger partial charge is 0.416 e. The van der Waals surface area contributed by atoms with Crippen molar-refractivity contribution in [1.29, 1.82) is 0 Å². The molecule has 0 radical (unpaired) electrons. The predicted molar refractivity (Wildman–Crippen MR) is 85.3 cm³/mol. The van der Waals surface area contributed by atoms with Gasteiger partial charge in [0.2, 0.25) is 0 Å². The standard InChI is InChI=1S/C16H11ClF3N3O2/c1-24-8-25-13-6-9(16(18,19)20)2-3-11(13)14-10-4-5-21-7-12(10)15(17)23-22-14/h2-7H,8H2,1H3. The highest BCUT2D eigenvalue weighted by molar-refractivity contribution is 6.34. The van der Waals surface area contributed by atoms with E-state index < -0.39 is 11.7 Å². The van der Waals surface area contributed by atoms with Crippen molar-refractivity contribution >= 4 is 22.4 Å². The number of rotatable bonds is 4. The van der Waals surface area contributed by atoms with Crippen LogP contribution in [-0.2, 0) is 10.9 Å². The van der Waals surface area contributed by atoms with Gasteiger partial charge in [0.1, 0.15) is 11.4 Å². The Bertz CT molecular complexity index is 919. The van der Waals surface area contributed by atoms with Crippen LogP contribution in [0.4, 0.5) is 13.2 Å². The summed E-state index contributed by atoms with van der Waals surface area (Å²) < 4.78 is 49.1. The molecule has 0 unspecified atom stereocenters. The fraction of sp³-hybridized carbons (Fsp3) is 0.188. The van der Waals surface area contributed by atoms with E-state index in [1.807, 2.05) is 0 Å². The molecule has 2 heterocycles. The van der Waals surface area contributed by atoms with Gasteiger partial charge < -0.3 is 9.47 Å². The first-order chi connectivity index (χ1) is 11.9. The molecule has 0 aliphatic carbocycles. The fourth-order valence-corrected chi connectivity index (χ4v) is 2.49. The van der Waals surface area contributed by atoms with Crippen molar-refractivity contribution in [3.63, 3.8) is 0 Å². The number of methoxy groups -OCH3 is 1. The minimum Gasteiger partial charge on any atom is -0.467 e. The Morgan fingerprint density at radius 2 is 1.92 bits per heavy atom. The molecule has 0 aliphatic rings. The Morgan fingerprint density at radius 1 is 1.12 bits per heavy atom. The molecule has 0 bridgehead atoms. The number of pyridine rings is 1. The first-order valence-electron chi connectivity index (χ1n) is 7.01. The third kappa shape index (κ3) is 3.49. The van der Waals surface area contributed by atoms with Crippen LogP contribution >= 0.6 is 11.6 Å². The van der Waals surface area contributed by atoms with Crippen LogP contribution in [0.2, 0.25) is 5.15 Å². The number of alkyl halides is 3. The zero-order valence-corrected chi connectivity index (χ0v) is 13.6. The lowest BCUT2D eigenvalue weighted by Crippen LogP contribution is -2.07. The van der Waals surface area contributed by atoms with Crippen LogP contribution in [-0.4, -0.2) is 29.1 Å². The van der Waals surface area contributed by atoms with E-state index in [4.69, 9.17) is 21.1 Å². The molecule has 0 amide bonds. The van der Waals surface area contributed by atoms with Gasteiger partial charge in [0.15, 0.2) is 11.9 Å². The highest BCUT2D eigenvalue weighted by Gasteiger charge is 2.31. The number of ether oxygens (including phenoxy) is 2. The van der Waals surface area contributed by atoms with Crippen LogP contribution in [0.3, 0.4) is 0 Å². The number of halogens is 4. The molecule has 0 spiro atoms. The number of hydrogen-bond donors (Lipinski definition) is 0. The summed E-state index contributed by atoms with van der Waals surface area (Å²) in [5.41, 5.74) is -0.165. The molecule has 130 valence electrons.